The second kappa shape index (κ2) is 6.64. The molecule has 4 heteroatoms. The standard InChI is InChI=1S/C16H22O4/c1-3-20-16(18)12-6-4-11(5-7-12)14-10-13(19-2)8-9-15(14)17/h8-12,17H,3-7H2,1-2H3. The highest BCUT2D eigenvalue weighted by molar-refractivity contribution is 5.72. The summed E-state index contributed by atoms with van der Waals surface area (Å²) in [6.07, 6.45) is 3.43. The number of phenolic OH excluding ortho intramolecular Hbond substituents is 1. The first-order chi connectivity index (χ1) is 9.65. The molecular weight excluding hydrogens is 256 g/mol. The summed E-state index contributed by atoms with van der Waals surface area (Å²) in [5.41, 5.74) is 0.923. The van der Waals surface area contributed by atoms with Crippen molar-refractivity contribution in [3.63, 3.8) is 0 Å². The molecule has 1 aliphatic rings. The first kappa shape index (κ1) is 14.7. The van der Waals surface area contributed by atoms with Gasteiger partial charge in [0.05, 0.1) is 19.6 Å². The summed E-state index contributed by atoms with van der Waals surface area (Å²) >= 11 is 0. The van der Waals surface area contributed by atoms with Crippen molar-refractivity contribution in [2.45, 2.75) is 38.5 Å². The van der Waals surface area contributed by atoms with E-state index in [4.69, 9.17) is 9.47 Å². The van der Waals surface area contributed by atoms with Crippen LogP contribution in [0.15, 0.2) is 18.2 Å². The lowest BCUT2D eigenvalue weighted by Gasteiger charge is -2.28. The number of hydrogen-bond acceptors (Lipinski definition) is 4. The van der Waals surface area contributed by atoms with Crippen LogP contribution in [0.2, 0.25) is 0 Å². The van der Waals surface area contributed by atoms with Crippen LogP contribution in [-0.2, 0) is 9.53 Å². The molecule has 0 unspecified atom stereocenters. The Hall–Kier alpha value is -1.71. The lowest BCUT2D eigenvalue weighted by atomic mass is 9.78. The first-order valence-electron chi connectivity index (χ1n) is 7.19. The van der Waals surface area contributed by atoms with Gasteiger partial charge in [-0.05, 0) is 56.7 Å². The second-order valence-electron chi connectivity index (χ2n) is 5.23. The van der Waals surface area contributed by atoms with E-state index < -0.39 is 0 Å². The van der Waals surface area contributed by atoms with Gasteiger partial charge in [0, 0.05) is 5.56 Å². The number of carbonyl (C=O) groups excluding carboxylic acids is 1. The third-order valence-electron chi connectivity index (χ3n) is 4.02. The minimum absolute atomic E-state index is 0.0129. The molecule has 20 heavy (non-hydrogen) atoms. The molecule has 0 spiro atoms. The highest BCUT2D eigenvalue weighted by atomic mass is 16.5. The molecule has 0 amide bonds. The van der Waals surface area contributed by atoms with Gasteiger partial charge in [-0.1, -0.05) is 0 Å². The number of esters is 1. The van der Waals surface area contributed by atoms with E-state index in [0.717, 1.165) is 37.0 Å². The van der Waals surface area contributed by atoms with Gasteiger partial charge in [-0.25, -0.2) is 0 Å². The fourth-order valence-electron chi connectivity index (χ4n) is 2.89. The number of aromatic hydroxyl groups is 1. The van der Waals surface area contributed by atoms with E-state index in [-0.39, 0.29) is 17.8 Å². The first-order valence-corrected chi connectivity index (χ1v) is 7.19. The summed E-state index contributed by atoms with van der Waals surface area (Å²) in [6.45, 7) is 2.27. The molecule has 0 radical (unpaired) electrons. The van der Waals surface area contributed by atoms with Crippen molar-refractivity contribution >= 4 is 5.97 Å². The van der Waals surface area contributed by atoms with Crippen LogP contribution in [-0.4, -0.2) is 24.8 Å². The van der Waals surface area contributed by atoms with E-state index in [9.17, 15) is 9.90 Å². The van der Waals surface area contributed by atoms with E-state index in [1.807, 2.05) is 13.0 Å². The minimum Gasteiger partial charge on any atom is -0.508 e. The summed E-state index contributed by atoms with van der Waals surface area (Å²) in [5.74, 6) is 1.28. The van der Waals surface area contributed by atoms with Crippen molar-refractivity contribution in [3.8, 4) is 11.5 Å². The Morgan fingerprint density at radius 1 is 1.30 bits per heavy atom. The zero-order chi connectivity index (χ0) is 14.5. The third kappa shape index (κ3) is 3.24. The fraction of sp³-hybridized carbons (Fsp3) is 0.562. The molecule has 1 aromatic carbocycles. The number of ether oxygens (including phenoxy) is 2. The summed E-state index contributed by atoms with van der Waals surface area (Å²) in [6, 6.07) is 5.32. The monoisotopic (exact) mass is 278 g/mol. The molecule has 4 nitrogen and oxygen atoms in total. The topological polar surface area (TPSA) is 55.8 Å². The van der Waals surface area contributed by atoms with Crippen LogP contribution in [0.5, 0.6) is 11.5 Å². The number of methoxy groups -OCH3 is 1. The highest BCUT2D eigenvalue weighted by Gasteiger charge is 2.29. The Balaban J connectivity index is 2.02. The van der Waals surface area contributed by atoms with E-state index in [1.54, 1.807) is 19.2 Å². The number of phenols is 1. The van der Waals surface area contributed by atoms with Crippen LogP contribution >= 0.6 is 0 Å². The van der Waals surface area contributed by atoms with Crippen molar-refractivity contribution in [1.29, 1.82) is 0 Å². The van der Waals surface area contributed by atoms with E-state index >= 15 is 0 Å². The minimum atomic E-state index is -0.0826. The molecule has 0 heterocycles. The van der Waals surface area contributed by atoms with Gasteiger partial charge in [-0.2, -0.15) is 0 Å². The van der Waals surface area contributed by atoms with Crippen molar-refractivity contribution in [2.75, 3.05) is 13.7 Å². The predicted octanol–water partition coefficient (Wildman–Crippen LogP) is 3.24. The average Bonchev–Trinajstić information content (AvgIpc) is 2.48. The molecule has 110 valence electrons. The average molecular weight is 278 g/mol. The van der Waals surface area contributed by atoms with Crippen molar-refractivity contribution in [1.82, 2.24) is 0 Å². The zero-order valence-corrected chi connectivity index (χ0v) is 12.1. The Labute approximate surface area is 119 Å². The zero-order valence-electron chi connectivity index (χ0n) is 12.1. The molecule has 2 rings (SSSR count). The van der Waals surface area contributed by atoms with Crippen LogP contribution < -0.4 is 4.74 Å². The smallest absolute Gasteiger partial charge is 0.308 e. The Morgan fingerprint density at radius 3 is 2.60 bits per heavy atom. The van der Waals surface area contributed by atoms with E-state index in [1.165, 1.54) is 0 Å². The van der Waals surface area contributed by atoms with Crippen molar-refractivity contribution < 1.29 is 19.4 Å². The fourth-order valence-corrected chi connectivity index (χ4v) is 2.89. The normalized spacial score (nSPS) is 22.3. The SMILES string of the molecule is CCOC(=O)C1CCC(c2cc(OC)ccc2O)CC1. The van der Waals surface area contributed by atoms with Gasteiger partial charge in [0.1, 0.15) is 11.5 Å². The van der Waals surface area contributed by atoms with Crippen LogP contribution in [0.3, 0.4) is 0 Å². The summed E-state index contributed by atoms with van der Waals surface area (Å²) in [5, 5.41) is 9.99. The van der Waals surface area contributed by atoms with Gasteiger partial charge in [0.25, 0.3) is 0 Å². The van der Waals surface area contributed by atoms with Gasteiger partial charge in [-0.3, -0.25) is 4.79 Å². The maximum atomic E-state index is 11.7. The van der Waals surface area contributed by atoms with Crippen LogP contribution in [0.1, 0.15) is 44.1 Å². The quantitative estimate of drug-likeness (QED) is 0.859. The molecule has 0 saturated heterocycles. The molecule has 1 aromatic rings. The molecule has 1 aliphatic carbocycles. The maximum Gasteiger partial charge on any atom is 0.308 e. The van der Waals surface area contributed by atoms with Crippen LogP contribution in [0.25, 0.3) is 0 Å². The lowest BCUT2D eigenvalue weighted by molar-refractivity contribution is -0.149. The molecule has 0 atom stereocenters. The molecule has 1 N–H and O–H groups in total. The maximum absolute atomic E-state index is 11.7. The molecule has 0 aliphatic heterocycles. The van der Waals surface area contributed by atoms with Crippen LogP contribution in [0.4, 0.5) is 0 Å². The number of rotatable bonds is 4. The van der Waals surface area contributed by atoms with Gasteiger partial charge in [0.2, 0.25) is 0 Å². The van der Waals surface area contributed by atoms with E-state index in [2.05, 4.69) is 0 Å². The van der Waals surface area contributed by atoms with E-state index in [0.29, 0.717) is 12.4 Å². The van der Waals surface area contributed by atoms with Gasteiger partial charge in [-0.15, -0.1) is 0 Å². The molecule has 1 fully saturated rings. The Bertz CT molecular complexity index is 462. The molecule has 1 saturated carbocycles. The molecule has 0 aromatic heterocycles. The van der Waals surface area contributed by atoms with Crippen molar-refractivity contribution in [3.05, 3.63) is 23.8 Å². The lowest BCUT2D eigenvalue weighted by Crippen LogP contribution is -2.23. The summed E-state index contributed by atoms with van der Waals surface area (Å²) < 4.78 is 10.3. The Morgan fingerprint density at radius 2 is 2.00 bits per heavy atom. The Kier molecular flexibility index (Phi) is 4.88. The van der Waals surface area contributed by atoms with Gasteiger partial charge >= 0.3 is 5.97 Å². The number of carbonyl (C=O) groups is 1. The predicted molar refractivity (Wildman–Crippen MR) is 76.0 cm³/mol. The molecular formula is C16H22O4. The highest BCUT2D eigenvalue weighted by Crippen LogP contribution is 2.40. The van der Waals surface area contributed by atoms with Gasteiger partial charge < -0.3 is 14.6 Å². The number of benzene rings is 1. The summed E-state index contributed by atoms with van der Waals surface area (Å²) in [4.78, 5) is 11.7. The van der Waals surface area contributed by atoms with Crippen molar-refractivity contribution in [2.24, 2.45) is 5.92 Å². The molecule has 0 bridgehead atoms. The second-order valence-corrected chi connectivity index (χ2v) is 5.23. The van der Waals surface area contributed by atoms with Gasteiger partial charge in [0.15, 0.2) is 0 Å². The summed E-state index contributed by atoms with van der Waals surface area (Å²) in [7, 11) is 1.62. The van der Waals surface area contributed by atoms with Crippen LogP contribution in [0, 0.1) is 5.92 Å². The third-order valence-corrected chi connectivity index (χ3v) is 4.02. The number of hydrogen-bond donors (Lipinski definition) is 1. The largest absolute Gasteiger partial charge is 0.508 e.